The monoisotopic (exact) mass is 403 g/mol. The van der Waals surface area contributed by atoms with E-state index in [0.717, 1.165) is 56.2 Å². The Hall–Kier alpha value is -2.19. The molecule has 8 heteroatoms. The first-order valence-electron chi connectivity index (χ1n) is 10.3. The first-order chi connectivity index (χ1) is 13.9. The molecule has 1 aromatic rings. The molecular formula is C21H33N5O3. The summed E-state index contributed by atoms with van der Waals surface area (Å²) in [6.45, 7) is 14.9. The summed E-state index contributed by atoms with van der Waals surface area (Å²) in [6.07, 6.45) is 3.33. The van der Waals surface area contributed by atoms with Gasteiger partial charge in [0.15, 0.2) is 5.82 Å². The quantitative estimate of drug-likeness (QED) is 0.761. The third kappa shape index (κ3) is 5.90. The summed E-state index contributed by atoms with van der Waals surface area (Å²) in [5.41, 5.74) is 1.49. The van der Waals surface area contributed by atoms with Crippen LogP contribution in [0.3, 0.4) is 0 Å². The van der Waals surface area contributed by atoms with Gasteiger partial charge >= 0.3 is 6.09 Å². The van der Waals surface area contributed by atoms with Crippen molar-refractivity contribution in [2.24, 2.45) is 4.99 Å². The van der Waals surface area contributed by atoms with Crippen LogP contribution in [-0.2, 0) is 9.47 Å². The number of carbonyl (C=O) groups is 1. The summed E-state index contributed by atoms with van der Waals surface area (Å²) < 4.78 is 10.9. The lowest BCUT2D eigenvalue weighted by atomic mass is 9.89. The minimum Gasteiger partial charge on any atom is -0.444 e. The van der Waals surface area contributed by atoms with Crippen LogP contribution >= 0.6 is 0 Å². The van der Waals surface area contributed by atoms with E-state index in [1.54, 1.807) is 4.90 Å². The lowest BCUT2D eigenvalue weighted by molar-refractivity contribution is 0.0205. The SMILES string of the molecule is C=Nc1c(C2CCN(C(=O)OC(C)(C)C)CC2)ccnc1NCN1CCOCC1. The number of nitrogens with one attached hydrogen (secondary N) is 1. The number of pyridine rings is 1. The second kappa shape index (κ2) is 9.54. The Morgan fingerprint density at radius 2 is 2.00 bits per heavy atom. The lowest BCUT2D eigenvalue weighted by Crippen LogP contribution is -2.41. The Morgan fingerprint density at radius 3 is 2.62 bits per heavy atom. The standard InChI is InChI=1S/C21H33N5O3/c1-21(2,3)29-20(27)26-9-6-16(7-10-26)17-5-8-23-19(18(17)22-4)24-15-25-11-13-28-14-12-25/h5,8,16H,4,6-7,9-15H2,1-3H3,(H,23,24). The zero-order valence-corrected chi connectivity index (χ0v) is 17.8. The Labute approximate surface area is 173 Å². The molecular weight excluding hydrogens is 370 g/mol. The van der Waals surface area contributed by atoms with E-state index < -0.39 is 5.60 Å². The van der Waals surface area contributed by atoms with E-state index >= 15 is 0 Å². The van der Waals surface area contributed by atoms with Gasteiger partial charge in [-0.1, -0.05) is 0 Å². The molecule has 0 saturated carbocycles. The lowest BCUT2D eigenvalue weighted by Gasteiger charge is -2.34. The summed E-state index contributed by atoms with van der Waals surface area (Å²) >= 11 is 0. The Balaban J connectivity index is 1.62. The highest BCUT2D eigenvalue weighted by Crippen LogP contribution is 2.37. The van der Waals surface area contributed by atoms with Crippen molar-refractivity contribution in [1.82, 2.24) is 14.8 Å². The van der Waals surface area contributed by atoms with Crippen LogP contribution in [0.2, 0.25) is 0 Å². The molecule has 1 aromatic heterocycles. The van der Waals surface area contributed by atoms with Gasteiger partial charge in [-0.15, -0.1) is 0 Å². The molecule has 160 valence electrons. The van der Waals surface area contributed by atoms with Crippen LogP contribution in [0.15, 0.2) is 17.3 Å². The van der Waals surface area contributed by atoms with E-state index in [9.17, 15) is 4.79 Å². The molecule has 29 heavy (non-hydrogen) atoms. The molecule has 1 N–H and O–H groups in total. The average molecular weight is 404 g/mol. The maximum absolute atomic E-state index is 12.3. The Morgan fingerprint density at radius 1 is 1.31 bits per heavy atom. The predicted molar refractivity (Wildman–Crippen MR) is 114 cm³/mol. The Bertz CT molecular complexity index is 705. The molecule has 3 heterocycles. The molecule has 0 aromatic carbocycles. The van der Waals surface area contributed by atoms with Crippen LogP contribution < -0.4 is 5.32 Å². The van der Waals surface area contributed by atoms with Gasteiger partial charge in [-0.2, -0.15) is 0 Å². The van der Waals surface area contributed by atoms with Gasteiger partial charge in [-0.25, -0.2) is 9.78 Å². The number of anilines is 1. The van der Waals surface area contributed by atoms with E-state index in [0.29, 0.717) is 25.7 Å². The van der Waals surface area contributed by atoms with Gasteiger partial charge in [0, 0.05) is 32.4 Å². The summed E-state index contributed by atoms with van der Waals surface area (Å²) in [5.74, 6) is 1.08. The van der Waals surface area contributed by atoms with Crippen LogP contribution in [0.4, 0.5) is 16.3 Å². The zero-order chi connectivity index (χ0) is 20.9. The number of aliphatic imine (C=N–C) groups is 1. The number of ether oxygens (including phenoxy) is 2. The fourth-order valence-corrected chi connectivity index (χ4v) is 3.74. The van der Waals surface area contributed by atoms with E-state index in [-0.39, 0.29) is 6.09 Å². The van der Waals surface area contributed by atoms with Gasteiger partial charge in [0.05, 0.1) is 19.9 Å². The molecule has 2 aliphatic rings. The highest BCUT2D eigenvalue weighted by Gasteiger charge is 2.29. The number of hydrogen-bond acceptors (Lipinski definition) is 7. The number of hydrogen-bond donors (Lipinski definition) is 1. The number of nitrogens with zero attached hydrogens (tertiary/aromatic N) is 4. The number of carbonyl (C=O) groups excluding carboxylic acids is 1. The minimum absolute atomic E-state index is 0.236. The fraction of sp³-hybridized carbons (Fsp3) is 0.667. The van der Waals surface area contributed by atoms with Gasteiger partial charge in [0.25, 0.3) is 0 Å². The van der Waals surface area contributed by atoms with Crippen molar-refractivity contribution in [2.45, 2.75) is 45.1 Å². The molecule has 0 aliphatic carbocycles. The highest BCUT2D eigenvalue weighted by atomic mass is 16.6. The fourth-order valence-electron chi connectivity index (χ4n) is 3.74. The van der Waals surface area contributed by atoms with Crippen LogP contribution in [0.5, 0.6) is 0 Å². The van der Waals surface area contributed by atoms with E-state index in [1.165, 1.54) is 0 Å². The van der Waals surface area contributed by atoms with Crippen molar-refractivity contribution in [3.8, 4) is 0 Å². The maximum Gasteiger partial charge on any atom is 0.410 e. The topological polar surface area (TPSA) is 79.3 Å². The van der Waals surface area contributed by atoms with Crippen molar-refractivity contribution in [3.05, 3.63) is 17.8 Å². The summed E-state index contributed by atoms with van der Waals surface area (Å²) in [7, 11) is 0. The third-order valence-electron chi connectivity index (χ3n) is 5.27. The molecule has 2 fully saturated rings. The number of piperidine rings is 1. The molecule has 8 nitrogen and oxygen atoms in total. The summed E-state index contributed by atoms with van der Waals surface area (Å²) in [4.78, 5) is 25.2. The Kier molecular flexibility index (Phi) is 7.08. The number of morpholine rings is 1. The van der Waals surface area contributed by atoms with Crippen molar-refractivity contribution in [1.29, 1.82) is 0 Å². The first-order valence-corrected chi connectivity index (χ1v) is 10.3. The largest absolute Gasteiger partial charge is 0.444 e. The number of amides is 1. The smallest absolute Gasteiger partial charge is 0.410 e. The molecule has 2 aliphatic heterocycles. The third-order valence-corrected chi connectivity index (χ3v) is 5.27. The summed E-state index contributed by atoms with van der Waals surface area (Å²) in [5, 5.41) is 3.41. The molecule has 0 radical (unpaired) electrons. The second-order valence-electron chi connectivity index (χ2n) is 8.56. The molecule has 0 bridgehead atoms. The van der Waals surface area contributed by atoms with E-state index in [4.69, 9.17) is 9.47 Å². The average Bonchev–Trinajstić information content (AvgIpc) is 2.71. The number of aromatic nitrogens is 1. The van der Waals surface area contributed by atoms with Gasteiger partial charge in [0.2, 0.25) is 0 Å². The van der Waals surface area contributed by atoms with Crippen LogP contribution in [0.1, 0.15) is 45.1 Å². The van der Waals surface area contributed by atoms with Crippen molar-refractivity contribution >= 4 is 24.3 Å². The van der Waals surface area contributed by atoms with Crippen molar-refractivity contribution < 1.29 is 14.3 Å². The van der Waals surface area contributed by atoms with Crippen LogP contribution in [0, 0.1) is 0 Å². The van der Waals surface area contributed by atoms with E-state index in [1.807, 2.05) is 33.0 Å². The van der Waals surface area contributed by atoms with Crippen molar-refractivity contribution in [2.75, 3.05) is 51.4 Å². The minimum atomic E-state index is -0.472. The summed E-state index contributed by atoms with van der Waals surface area (Å²) in [6, 6.07) is 2.03. The normalized spacial score (nSPS) is 19.1. The first kappa shape index (κ1) is 21.5. The van der Waals surface area contributed by atoms with Crippen molar-refractivity contribution in [3.63, 3.8) is 0 Å². The molecule has 3 rings (SSSR count). The predicted octanol–water partition coefficient (Wildman–Crippen LogP) is 3.23. The number of rotatable bonds is 5. The van der Waals surface area contributed by atoms with Crippen LogP contribution in [0.25, 0.3) is 0 Å². The van der Waals surface area contributed by atoms with E-state index in [2.05, 4.69) is 26.9 Å². The maximum atomic E-state index is 12.3. The molecule has 1 amide bonds. The zero-order valence-electron chi connectivity index (χ0n) is 17.8. The van der Waals surface area contributed by atoms with Gasteiger partial charge in [0.1, 0.15) is 11.3 Å². The van der Waals surface area contributed by atoms with Gasteiger partial charge in [-0.3, -0.25) is 9.89 Å². The number of likely N-dealkylation sites (tertiary alicyclic amines) is 1. The molecule has 0 spiro atoms. The second-order valence-corrected chi connectivity index (χ2v) is 8.56. The highest BCUT2D eigenvalue weighted by molar-refractivity contribution is 5.69. The van der Waals surface area contributed by atoms with Gasteiger partial charge in [-0.05, 0) is 57.9 Å². The van der Waals surface area contributed by atoms with Gasteiger partial charge < -0.3 is 19.7 Å². The molecule has 0 atom stereocenters. The molecule has 0 unspecified atom stereocenters. The van der Waals surface area contributed by atoms with Crippen LogP contribution in [-0.4, -0.2) is 79.3 Å². The molecule has 2 saturated heterocycles.